The zero-order valence-corrected chi connectivity index (χ0v) is 12.1. The lowest BCUT2D eigenvalue weighted by atomic mass is 9.92. The fraction of sp³-hybridized carbons (Fsp3) is 0.692. The molecule has 0 aromatic carbocycles. The van der Waals surface area contributed by atoms with Crippen LogP contribution in [-0.4, -0.2) is 21.5 Å². The molecule has 0 radical (unpaired) electrons. The normalized spacial score (nSPS) is 15.7. The minimum atomic E-state index is 0.0283. The standard InChI is InChI=1S/C13H21N3OS/c1-13(2,3)10-8-14-12(18)16(10)7-6-11(17)15-9-4-5-9/h8-9H,4-7H2,1-3H3,(H,14,18)(H,15,17). The average Bonchev–Trinajstić information content (AvgIpc) is 2.96. The third-order valence-electron chi connectivity index (χ3n) is 3.14. The van der Waals surface area contributed by atoms with Gasteiger partial charge in [-0.05, 0) is 25.1 Å². The van der Waals surface area contributed by atoms with Crippen molar-refractivity contribution in [1.29, 1.82) is 0 Å². The Bertz CT molecular complexity index is 491. The predicted molar refractivity (Wildman–Crippen MR) is 74.1 cm³/mol. The quantitative estimate of drug-likeness (QED) is 0.824. The second kappa shape index (κ2) is 4.88. The fourth-order valence-corrected chi connectivity index (χ4v) is 2.23. The van der Waals surface area contributed by atoms with E-state index in [4.69, 9.17) is 12.2 Å². The van der Waals surface area contributed by atoms with Gasteiger partial charge >= 0.3 is 0 Å². The van der Waals surface area contributed by atoms with E-state index in [1.54, 1.807) is 0 Å². The molecule has 1 aliphatic rings. The van der Waals surface area contributed by atoms with Crippen molar-refractivity contribution in [2.75, 3.05) is 0 Å². The molecule has 2 N–H and O–H groups in total. The van der Waals surface area contributed by atoms with Crippen molar-refractivity contribution in [3.05, 3.63) is 16.7 Å². The van der Waals surface area contributed by atoms with Gasteiger partial charge in [-0.15, -0.1) is 0 Å². The Morgan fingerprint density at radius 2 is 2.22 bits per heavy atom. The van der Waals surface area contributed by atoms with Crippen molar-refractivity contribution < 1.29 is 4.79 Å². The fourth-order valence-electron chi connectivity index (χ4n) is 1.98. The van der Waals surface area contributed by atoms with Gasteiger partial charge in [-0.25, -0.2) is 0 Å². The highest BCUT2D eigenvalue weighted by Crippen LogP contribution is 2.22. The van der Waals surface area contributed by atoms with Crippen LogP contribution in [-0.2, 0) is 16.8 Å². The second-order valence-corrected chi connectivity index (χ2v) is 6.36. The maximum absolute atomic E-state index is 11.7. The van der Waals surface area contributed by atoms with Gasteiger partial charge in [-0.3, -0.25) is 4.79 Å². The van der Waals surface area contributed by atoms with Gasteiger partial charge in [0.25, 0.3) is 0 Å². The van der Waals surface area contributed by atoms with Gasteiger partial charge < -0.3 is 14.9 Å². The summed E-state index contributed by atoms with van der Waals surface area (Å²) in [5.41, 5.74) is 1.17. The molecule has 0 bridgehead atoms. The van der Waals surface area contributed by atoms with E-state index < -0.39 is 0 Å². The smallest absolute Gasteiger partial charge is 0.222 e. The lowest BCUT2D eigenvalue weighted by molar-refractivity contribution is -0.121. The Labute approximate surface area is 113 Å². The van der Waals surface area contributed by atoms with Crippen LogP contribution in [0.5, 0.6) is 0 Å². The summed E-state index contributed by atoms with van der Waals surface area (Å²) in [5, 5.41) is 3.00. The number of nitrogens with one attached hydrogen (secondary N) is 2. The summed E-state index contributed by atoms with van der Waals surface area (Å²) in [6.07, 6.45) is 4.69. The topological polar surface area (TPSA) is 49.8 Å². The number of nitrogens with zero attached hydrogens (tertiary/aromatic N) is 1. The molecule has 2 rings (SSSR count). The molecule has 5 heteroatoms. The molecule has 0 spiro atoms. The number of amides is 1. The van der Waals surface area contributed by atoms with E-state index in [1.165, 1.54) is 0 Å². The second-order valence-electron chi connectivity index (χ2n) is 5.97. The number of hydrogen-bond acceptors (Lipinski definition) is 2. The van der Waals surface area contributed by atoms with E-state index in [-0.39, 0.29) is 11.3 Å². The van der Waals surface area contributed by atoms with E-state index in [2.05, 4.69) is 31.1 Å². The zero-order valence-electron chi connectivity index (χ0n) is 11.2. The summed E-state index contributed by atoms with van der Waals surface area (Å²) < 4.78 is 2.72. The molecule has 1 aromatic heterocycles. The Hall–Kier alpha value is -1.10. The lowest BCUT2D eigenvalue weighted by Gasteiger charge is -2.20. The van der Waals surface area contributed by atoms with Gasteiger partial charge in [-0.2, -0.15) is 0 Å². The molecule has 1 heterocycles. The highest BCUT2D eigenvalue weighted by molar-refractivity contribution is 7.71. The predicted octanol–water partition coefficient (Wildman–Crippen LogP) is 2.51. The highest BCUT2D eigenvalue weighted by atomic mass is 32.1. The summed E-state index contributed by atoms with van der Waals surface area (Å²) in [5.74, 6) is 0.125. The van der Waals surface area contributed by atoms with Crippen LogP contribution in [0.25, 0.3) is 0 Å². The number of carbonyl (C=O) groups excluding carboxylic acids is 1. The number of carbonyl (C=O) groups is 1. The molecular formula is C13H21N3OS. The number of hydrogen-bond donors (Lipinski definition) is 2. The Morgan fingerprint density at radius 3 is 2.78 bits per heavy atom. The molecule has 1 saturated carbocycles. The first-order chi connectivity index (χ1) is 8.38. The van der Waals surface area contributed by atoms with Gasteiger partial charge in [0.1, 0.15) is 0 Å². The summed E-state index contributed by atoms with van der Waals surface area (Å²) in [6.45, 7) is 7.08. The summed E-state index contributed by atoms with van der Waals surface area (Å²) in [7, 11) is 0. The van der Waals surface area contributed by atoms with Crippen LogP contribution < -0.4 is 5.32 Å². The van der Waals surface area contributed by atoms with Crippen LogP contribution in [0.3, 0.4) is 0 Å². The van der Waals surface area contributed by atoms with E-state index in [1.807, 2.05) is 10.8 Å². The monoisotopic (exact) mass is 267 g/mol. The van der Waals surface area contributed by atoms with E-state index in [0.717, 1.165) is 18.5 Å². The third kappa shape index (κ3) is 3.22. The van der Waals surface area contributed by atoms with Gasteiger partial charge in [0.2, 0.25) is 5.91 Å². The van der Waals surface area contributed by atoms with E-state index in [0.29, 0.717) is 23.8 Å². The Balaban J connectivity index is 2.01. The summed E-state index contributed by atoms with van der Waals surface area (Å²) >= 11 is 5.27. The first-order valence-electron chi connectivity index (χ1n) is 6.46. The molecule has 0 aliphatic heterocycles. The van der Waals surface area contributed by atoms with E-state index in [9.17, 15) is 4.79 Å². The summed E-state index contributed by atoms with van der Waals surface area (Å²) in [6, 6.07) is 0.429. The van der Waals surface area contributed by atoms with Crippen molar-refractivity contribution in [3.63, 3.8) is 0 Å². The van der Waals surface area contributed by atoms with Crippen molar-refractivity contribution in [3.8, 4) is 0 Å². The van der Waals surface area contributed by atoms with Crippen LogP contribution in [0.1, 0.15) is 45.7 Å². The van der Waals surface area contributed by atoms with Crippen LogP contribution in [0.2, 0.25) is 0 Å². The first-order valence-corrected chi connectivity index (χ1v) is 6.87. The van der Waals surface area contributed by atoms with Gasteiger partial charge in [0.05, 0.1) is 0 Å². The minimum absolute atomic E-state index is 0.0283. The molecule has 1 aliphatic carbocycles. The van der Waals surface area contributed by atoms with Crippen LogP contribution in [0.4, 0.5) is 0 Å². The zero-order chi connectivity index (χ0) is 13.3. The largest absolute Gasteiger partial charge is 0.353 e. The number of rotatable bonds is 4. The molecule has 100 valence electrons. The average molecular weight is 267 g/mol. The molecule has 4 nitrogen and oxygen atoms in total. The number of H-pyrrole nitrogens is 1. The SMILES string of the molecule is CC(C)(C)c1c[nH]c(=S)n1CCC(=O)NC1CC1. The van der Waals surface area contributed by atoms with Crippen LogP contribution in [0.15, 0.2) is 6.20 Å². The number of aromatic nitrogens is 2. The van der Waals surface area contributed by atoms with Gasteiger partial charge in [0, 0.05) is 36.3 Å². The van der Waals surface area contributed by atoms with Crippen LogP contribution >= 0.6 is 12.2 Å². The van der Waals surface area contributed by atoms with Crippen molar-refractivity contribution in [2.24, 2.45) is 0 Å². The minimum Gasteiger partial charge on any atom is -0.353 e. The molecular weight excluding hydrogens is 246 g/mol. The molecule has 0 unspecified atom stereocenters. The highest BCUT2D eigenvalue weighted by Gasteiger charge is 2.24. The summed E-state index contributed by atoms with van der Waals surface area (Å²) in [4.78, 5) is 14.8. The van der Waals surface area contributed by atoms with Crippen molar-refractivity contribution in [2.45, 2.75) is 58.0 Å². The van der Waals surface area contributed by atoms with E-state index >= 15 is 0 Å². The van der Waals surface area contributed by atoms with Crippen molar-refractivity contribution >= 4 is 18.1 Å². The lowest BCUT2D eigenvalue weighted by Crippen LogP contribution is -2.27. The number of aromatic amines is 1. The molecule has 0 atom stereocenters. The molecule has 1 aromatic rings. The molecule has 18 heavy (non-hydrogen) atoms. The maximum Gasteiger partial charge on any atom is 0.222 e. The Morgan fingerprint density at radius 1 is 1.56 bits per heavy atom. The van der Waals surface area contributed by atoms with Gasteiger partial charge in [0.15, 0.2) is 4.77 Å². The molecule has 1 amide bonds. The van der Waals surface area contributed by atoms with Gasteiger partial charge in [-0.1, -0.05) is 20.8 Å². The van der Waals surface area contributed by atoms with Crippen LogP contribution in [0, 0.1) is 4.77 Å². The molecule has 1 fully saturated rings. The maximum atomic E-state index is 11.7. The third-order valence-corrected chi connectivity index (χ3v) is 3.48. The Kier molecular flexibility index (Phi) is 3.61. The first kappa shape index (κ1) is 13.3. The molecule has 0 saturated heterocycles. The van der Waals surface area contributed by atoms with Crippen molar-refractivity contribution in [1.82, 2.24) is 14.9 Å². The number of imidazole rings is 1.